The average Bonchev–Trinajstić information content (AvgIpc) is 2.90. The van der Waals surface area contributed by atoms with Crippen LogP contribution in [0.5, 0.6) is 5.75 Å². The van der Waals surface area contributed by atoms with Crippen LogP contribution < -0.4 is 10.1 Å². The van der Waals surface area contributed by atoms with Crippen molar-refractivity contribution in [2.75, 3.05) is 19.5 Å². The van der Waals surface area contributed by atoms with Gasteiger partial charge < -0.3 is 14.8 Å². The molecule has 1 unspecified atom stereocenters. The Hall–Kier alpha value is -2.08. The molecule has 0 aliphatic carbocycles. The highest BCUT2D eigenvalue weighted by atomic mass is 32.1. The van der Waals surface area contributed by atoms with Gasteiger partial charge in [0, 0.05) is 0 Å². The Morgan fingerprint density at radius 2 is 2.10 bits per heavy atom. The van der Waals surface area contributed by atoms with Gasteiger partial charge in [0.1, 0.15) is 5.75 Å². The number of carbonyl (C=O) groups excluding carboxylic acids is 1. The van der Waals surface area contributed by atoms with Crippen molar-refractivity contribution in [2.24, 2.45) is 0 Å². The van der Waals surface area contributed by atoms with Gasteiger partial charge in [-0.15, -0.1) is 11.3 Å². The van der Waals surface area contributed by atoms with Gasteiger partial charge in [-0.3, -0.25) is 0 Å². The Morgan fingerprint density at radius 1 is 1.35 bits per heavy atom. The van der Waals surface area contributed by atoms with Gasteiger partial charge in [0.2, 0.25) is 0 Å². The van der Waals surface area contributed by atoms with Gasteiger partial charge in [-0.25, -0.2) is 9.78 Å². The van der Waals surface area contributed by atoms with E-state index in [1.165, 1.54) is 18.4 Å². The van der Waals surface area contributed by atoms with E-state index in [0.29, 0.717) is 5.75 Å². The maximum atomic E-state index is 12.0. The lowest BCUT2D eigenvalue weighted by Crippen LogP contribution is -2.22. The van der Waals surface area contributed by atoms with Crippen molar-refractivity contribution in [1.82, 2.24) is 4.98 Å². The third-order valence-electron chi connectivity index (χ3n) is 2.89. The molecule has 2 rings (SSSR count). The first-order valence-corrected chi connectivity index (χ1v) is 6.92. The number of hydrogen-bond acceptors (Lipinski definition) is 6. The third-order valence-corrected chi connectivity index (χ3v) is 3.88. The number of benzene rings is 1. The normalized spacial score (nSPS) is 11.8. The Kier molecular flexibility index (Phi) is 4.57. The molecular formula is C14H16N2O3S. The molecule has 1 N–H and O–H groups in total. The Labute approximate surface area is 121 Å². The summed E-state index contributed by atoms with van der Waals surface area (Å²) in [7, 11) is 2.96. The van der Waals surface area contributed by atoms with Crippen LogP contribution in [-0.4, -0.2) is 25.2 Å². The van der Waals surface area contributed by atoms with Crippen molar-refractivity contribution in [1.29, 1.82) is 0 Å². The maximum Gasteiger partial charge on any atom is 0.333 e. The molecule has 0 aliphatic rings. The van der Waals surface area contributed by atoms with Crippen molar-refractivity contribution < 1.29 is 14.3 Å². The summed E-state index contributed by atoms with van der Waals surface area (Å²) >= 11 is 1.42. The van der Waals surface area contributed by atoms with Crippen molar-refractivity contribution >= 4 is 23.0 Å². The minimum Gasteiger partial charge on any atom is -0.495 e. The molecule has 0 amide bonds. The highest BCUT2D eigenvalue weighted by Gasteiger charge is 2.25. The number of aryl methyl sites for hydroxylation is 1. The fourth-order valence-electron chi connectivity index (χ4n) is 1.86. The van der Waals surface area contributed by atoms with E-state index in [2.05, 4.69) is 10.3 Å². The highest BCUT2D eigenvalue weighted by molar-refractivity contribution is 7.10. The minimum absolute atomic E-state index is 0.358. The van der Waals surface area contributed by atoms with Crippen LogP contribution in [0.2, 0.25) is 0 Å². The fraction of sp³-hybridized carbons (Fsp3) is 0.286. The number of anilines is 1. The zero-order valence-corrected chi connectivity index (χ0v) is 12.4. The number of thiazole rings is 1. The van der Waals surface area contributed by atoms with E-state index in [9.17, 15) is 4.79 Å². The van der Waals surface area contributed by atoms with Crippen LogP contribution in [-0.2, 0) is 9.53 Å². The summed E-state index contributed by atoms with van der Waals surface area (Å²) in [6.07, 6.45) is 0. The molecule has 0 saturated carbocycles. The van der Waals surface area contributed by atoms with Gasteiger partial charge in [0.15, 0.2) is 6.04 Å². The smallest absolute Gasteiger partial charge is 0.333 e. The van der Waals surface area contributed by atoms with Crippen LogP contribution in [0.3, 0.4) is 0 Å². The molecule has 1 atom stereocenters. The average molecular weight is 292 g/mol. The molecule has 0 bridgehead atoms. The first-order valence-electron chi connectivity index (χ1n) is 6.04. The van der Waals surface area contributed by atoms with E-state index in [4.69, 9.17) is 9.47 Å². The minimum atomic E-state index is -0.594. The number of ether oxygens (including phenoxy) is 2. The second kappa shape index (κ2) is 6.38. The van der Waals surface area contributed by atoms with E-state index in [-0.39, 0.29) is 5.97 Å². The number of para-hydroxylation sites is 2. The van der Waals surface area contributed by atoms with Crippen LogP contribution in [0.15, 0.2) is 29.8 Å². The lowest BCUT2D eigenvalue weighted by atomic mass is 10.2. The quantitative estimate of drug-likeness (QED) is 0.859. The van der Waals surface area contributed by atoms with Crippen LogP contribution in [0.1, 0.15) is 16.6 Å². The van der Waals surface area contributed by atoms with Crippen molar-refractivity contribution in [3.63, 3.8) is 0 Å². The highest BCUT2D eigenvalue weighted by Crippen LogP contribution is 2.31. The van der Waals surface area contributed by atoms with E-state index in [1.54, 1.807) is 12.6 Å². The number of aromatic nitrogens is 1. The van der Waals surface area contributed by atoms with Gasteiger partial charge in [0.25, 0.3) is 0 Å². The number of esters is 1. The topological polar surface area (TPSA) is 60.5 Å². The van der Waals surface area contributed by atoms with Gasteiger partial charge in [-0.05, 0) is 19.1 Å². The molecule has 1 aromatic carbocycles. The van der Waals surface area contributed by atoms with Crippen molar-refractivity contribution in [2.45, 2.75) is 13.0 Å². The third kappa shape index (κ3) is 2.91. The first kappa shape index (κ1) is 14.3. The standard InChI is InChI=1S/C14H16N2O3S/c1-9-13(20-8-15-9)12(14(17)19-3)16-10-6-4-5-7-11(10)18-2/h4-8,12,16H,1-3H3. The van der Waals surface area contributed by atoms with Crippen LogP contribution in [0.4, 0.5) is 5.69 Å². The summed E-state index contributed by atoms with van der Waals surface area (Å²) in [4.78, 5) is 17.0. The van der Waals surface area contributed by atoms with Gasteiger partial charge in [-0.1, -0.05) is 12.1 Å². The van der Waals surface area contributed by atoms with Crippen LogP contribution in [0, 0.1) is 6.92 Å². The second-order valence-corrected chi connectivity index (χ2v) is 4.99. The Bertz CT molecular complexity index is 598. The molecular weight excluding hydrogens is 276 g/mol. The lowest BCUT2D eigenvalue weighted by Gasteiger charge is -2.18. The van der Waals surface area contributed by atoms with Gasteiger partial charge in [0.05, 0.1) is 36.0 Å². The van der Waals surface area contributed by atoms with E-state index in [0.717, 1.165) is 16.3 Å². The first-order chi connectivity index (χ1) is 9.67. The number of nitrogens with one attached hydrogen (secondary N) is 1. The largest absolute Gasteiger partial charge is 0.495 e. The molecule has 6 heteroatoms. The number of rotatable bonds is 5. The van der Waals surface area contributed by atoms with Gasteiger partial charge in [-0.2, -0.15) is 0 Å². The van der Waals surface area contributed by atoms with Crippen LogP contribution in [0.25, 0.3) is 0 Å². The molecule has 5 nitrogen and oxygen atoms in total. The molecule has 1 heterocycles. The molecule has 1 aromatic heterocycles. The second-order valence-electron chi connectivity index (χ2n) is 4.10. The predicted molar refractivity (Wildman–Crippen MR) is 78.2 cm³/mol. The Balaban J connectivity index is 2.34. The SMILES string of the molecule is COC(=O)C(Nc1ccccc1OC)c1scnc1C. The summed E-state index contributed by atoms with van der Waals surface area (Å²) in [5, 5.41) is 3.16. The molecule has 0 spiro atoms. The number of nitrogens with zero attached hydrogens (tertiary/aromatic N) is 1. The Morgan fingerprint density at radius 3 is 2.70 bits per heavy atom. The summed E-state index contributed by atoms with van der Waals surface area (Å²) in [5.74, 6) is 0.312. The van der Waals surface area contributed by atoms with E-state index in [1.807, 2.05) is 31.2 Å². The van der Waals surface area contributed by atoms with Crippen LogP contribution >= 0.6 is 11.3 Å². The summed E-state index contributed by atoms with van der Waals surface area (Å²) in [5.41, 5.74) is 3.26. The predicted octanol–water partition coefficient (Wildman–Crippen LogP) is 2.79. The molecule has 0 radical (unpaired) electrons. The summed E-state index contributed by atoms with van der Waals surface area (Å²) in [6, 6.07) is 6.83. The summed E-state index contributed by atoms with van der Waals surface area (Å²) < 4.78 is 10.2. The monoisotopic (exact) mass is 292 g/mol. The zero-order chi connectivity index (χ0) is 14.5. The number of methoxy groups -OCH3 is 2. The molecule has 106 valence electrons. The fourth-order valence-corrected chi connectivity index (χ4v) is 2.70. The van der Waals surface area contributed by atoms with E-state index >= 15 is 0 Å². The van der Waals surface area contributed by atoms with Gasteiger partial charge >= 0.3 is 5.97 Å². The molecule has 0 saturated heterocycles. The van der Waals surface area contributed by atoms with Crippen molar-refractivity contribution in [3.8, 4) is 5.75 Å². The number of carbonyl (C=O) groups is 1. The number of hydrogen-bond donors (Lipinski definition) is 1. The lowest BCUT2D eigenvalue weighted by molar-refractivity contribution is -0.141. The maximum absolute atomic E-state index is 12.0. The molecule has 20 heavy (non-hydrogen) atoms. The van der Waals surface area contributed by atoms with E-state index < -0.39 is 6.04 Å². The van der Waals surface area contributed by atoms with Crippen molar-refractivity contribution in [3.05, 3.63) is 40.3 Å². The molecule has 0 fully saturated rings. The summed E-state index contributed by atoms with van der Waals surface area (Å²) in [6.45, 7) is 1.87. The molecule has 2 aromatic rings. The molecule has 0 aliphatic heterocycles. The zero-order valence-electron chi connectivity index (χ0n) is 11.5.